The minimum absolute atomic E-state index is 0.927. The van der Waals surface area contributed by atoms with Crippen molar-refractivity contribution in [3.63, 3.8) is 0 Å². The molecule has 0 amide bonds. The Morgan fingerprint density at radius 3 is 1.80 bits per heavy atom. The van der Waals surface area contributed by atoms with Gasteiger partial charge in [-0.15, -0.1) is 22.7 Å². The lowest BCUT2D eigenvalue weighted by Gasteiger charge is -2.26. The van der Waals surface area contributed by atoms with Gasteiger partial charge in [-0.2, -0.15) is 0 Å². The van der Waals surface area contributed by atoms with Gasteiger partial charge in [-0.25, -0.2) is 0 Å². The largest absolute Gasteiger partial charge is 0.456 e. The molecule has 3 heterocycles. The Morgan fingerprint density at radius 1 is 0.340 bits per heavy atom. The topological polar surface area (TPSA) is 16.4 Å². The minimum Gasteiger partial charge on any atom is -0.456 e. The number of hydrogen-bond acceptors (Lipinski definition) is 4. The SMILES string of the molecule is c1ccc2c(c1)oc1cc3ccc(-c4ccc(N(c5ccc6c(c5)sc5ccccc56)c5ccc6sc7ccccc7c6c5)cc4)cc3cc12. The molecule has 11 rings (SSSR count). The molecule has 3 aromatic heterocycles. The number of nitrogens with zero attached hydrogens (tertiary/aromatic N) is 1. The Balaban J connectivity index is 1.04. The molecule has 0 radical (unpaired) electrons. The average molecular weight is 674 g/mol. The number of rotatable bonds is 4. The van der Waals surface area contributed by atoms with Crippen molar-refractivity contribution in [1.29, 1.82) is 0 Å². The van der Waals surface area contributed by atoms with Gasteiger partial charge in [0.1, 0.15) is 11.2 Å². The van der Waals surface area contributed by atoms with Crippen LogP contribution in [0.5, 0.6) is 0 Å². The molecule has 0 aliphatic heterocycles. The first-order valence-electron chi connectivity index (χ1n) is 16.8. The summed E-state index contributed by atoms with van der Waals surface area (Å²) in [6.07, 6.45) is 0. The maximum absolute atomic E-state index is 6.16. The number of para-hydroxylation sites is 1. The fraction of sp³-hybridized carbons (Fsp3) is 0. The fourth-order valence-electron chi connectivity index (χ4n) is 7.60. The molecule has 50 heavy (non-hydrogen) atoms. The summed E-state index contributed by atoms with van der Waals surface area (Å²) in [6.45, 7) is 0. The van der Waals surface area contributed by atoms with Gasteiger partial charge in [0, 0.05) is 68.2 Å². The quantitative estimate of drug-likeness (QED) is 0.185. The van der Waals surface area contributed by atoms with E-state index < -0.39 is 0 Å². The van der Waals surface area contributed by atoms with Gasteiger partial charge in [0.2, 0.25) is 0 Å². The lowest BCUT2D eigenvalue weighted by molar-refractivity contribution is 0.669. The van der Waals surface area contributed by atoms with E-state index in [1.807, 2.05) is 34.8 Å². The zero-order chi connectivity index (χ0) is 32.8. The molecule has 0 spiro atoms. The molecule has 0 unspecified atom stereocenters. The van der Waals surface area contributed by atoms with E-state index in [2.05, 4.69) is 157 Å². The highest BCUT2D eigenvalue weighted by Crippen LogP contribution is 2.44. The summed E-state index contributed by atoms with van der Waals surface area (Å²) in [7, 11) is 0. The molecule has 4 heteroatoms. The molecule has 234 valence electrons. The van der Waals surface area contributed by atoms with Gasteiger partial charge in [-0.1, -0.05) is 84.9 Å². The van der Waals surface area contributed by atoms with Crippen molar-refractivity contribution in [1.82, 2.24) is 0 Å². The first-order chi connectivity index (χ1) is 24.7. The molecule has 0 saturated heterocycles. The summed E-state index contributed by atoms with van der Waals surface area (Å²) >= 11 is 3.72. The Bertz CT molecular complexity index is 3110. The van der Waals surface area contributed by atoms with E-state index in [1.54, 1.807) is 0 Å². The van der Waals surface area contributed by atoms with E-state index in [-0.39, 0.29) is 0 Å². The maximum Gasteiger partial charge on any atom is 0.136 e. The third kappa shape index (κ3) is 4.32. The van der Waals surface area contributed by atoms with Gasteiger partial charge in [-0.3, -0.25) is 0 Å². The van der Waals surface area contributed by atoms with E-state index in [9.17, 15) is 0 Å². The van der Waals surface area contributed by atoms with E-state index in [4.69, 9.17) is 4.42 Å². The monoisotopic (exact) mass is 673 g/mol. The van der Waals surface area contributed by atoms with Crippen molar-refractivity contribution < 1.29 is 4.42 Å². The first kappa shape index (κ1) is 28.0. The average Bonchev–Trinajstić information content (AvgIpc) is 3.84. The second-order valence-electron chi connectivity index (χ2n) is 12.9. The van der Waals surface area contributed by atoms with Gasteiger partial charge in [0.25, 0.3) is 0 Å². The van der Waals surface area contributed by atoms with Crippen molar-refractivity contribution in [2.45, 2.75) is 0 Å². The van der Waals surface area contributed by atoms with Crippen molar-refractivity contribution in [3.8, 4) is 11.1 Å². The van der Waals surface area contributed by atoms with Crippen molar-refractivity contribution >= 4 is 113 Å². The molecule has 11 aromatic rings. The highest BCUT2D eigenvalue weighted by Gasteiger charge is 2.17. The molecule has 8 aromatic carbocycles. The van der Waals surface area contributed by atoms with Crippen LogP contribution < -0.4 is 4.90 Å². The highest BCUT2D eigenvalue weighted by molar-refractivity contribution is 7.26. The molecule has 0 saturated carbocycles. The lowest BCUT2D eigenvalue weighted by atomic mass is 9.99. The van der Waals surface area contributed by atoms with Crippen LogP contribution in [0.4, 0.5) is 17.1 Å². The summed E-state index contributed by atoms with van der Waals surface area (Å²) < 4.78 is 11.4. The fourth-order valence-corrected chi connectivity index (χ4v) is 9.83. The predicted molar refractivity (Wildman–Crippen MR) is 217 cm³/mol. The lowest BCUT2D eigenvalue weighted by Crippen LogP contribution is -2.09. The van der Waals surface area contributed by atoms with Crippen LogP contribution in [0.3, 0.4) is 0 Å². The van der Waals surface area contributed by atoms with Crippen LogP contribution in [-0.4, -0.2) is 0 Å². The standard InChI is InChI=1S/C46H27NOS2/c1-4-10-41-35(7-1)39-24-31-23-29(13-14-30(31)25-42(39)48-41)28-15-17-32(18-16-28)47(33-20-22-45-40(26-33)37-9-3-6-12-44(37)49-45)34-19-21-38-36-8-2-5-11-43(36)50-46(38)27-34/h1-27H. The molecule has 0 aliphatic rings. The van der Waals surface area contributed by atoms with E-state index in [0.717, 1.165) is 39.0 Å². The number of anilines is 3. The van der Waals surface area contributed by atoms with Gasteiger partial charge in [0.15, 0.2) is 0 Å². The van der Waals surface area contributed by atoms with Crippen molar-refractivity contribution in [3.05, 3.63) is 164 Å². The van der Waals surface area contributed by atoms with Crippen LogP contribution >= 0.6 is 22.7 Å². The highest BCUT2D eigenvalue weighted by atomic mass is 32.1. The normalized spacial score (nSPS) is 12.0. The molecule has 0 fully saturated rings. The van der Waals surface area contributed by atoms with Gasteiger partial charge >= 0.3 is 0 Å². The molecule has 0 bridgehead atoms. The summed E-state index contributed by atoms with van der Waals surface area (Å²) in [5.74, 6) is 0. The van der Waals surface area contributed by atoms with Crippen molar-refractivity contribution in [2.24, 2.45) is 0 Å². The number of fused-ring (bicyclic) bond motifs is 10. The van der Waals surface area contributed by atoms with Crippen LogP contribution in [0, 0.1) is 0 Å². The molecular formula is C46H27NOS2. The van der Waals surface area contributed by atoms with Crippen LogP contribution in [0.25, 0.3) is 84.2 Å². The molecule has 2 nitrogen and oxygen atoms in total. The van der Waals surface area contributed by atoms with Gasteiger partial charge < -0.3 is 9.32 Å². The number of benzene rings is 8. The Kier molecular flexibility index (Phi) is 6.03. The number of furan rings is 1. The zero-order valence-corrected chi connectivity index (χ0v) is 28.4. The predicted octanol–water partition coefficient (Wildman–Crippen LogP) is 14.6. The van der Waals surface area contributed by atoms with Crippen molar-refractivity contribution in [2.75, 3.05) is 4.90 Å². The zero-order valence-electron chi connectivity index (χ0n) is 26.8. The molecular weight excluding hydrogens is 647 g/mol. The Labute approximate surface area is 295 Å². The van der Waals surface area contributed by atoms with E-state index in [1.165, 1.54) is 62.2 Å². The number of thiophene rings is 2. The third-order valence-electron chi connectivity index (χ3n) is 10.0. The van der Waals surface area contributed by atoms with Crippen LogP contribution in [0.2, 0.25) is 0 Å². The van der Waals surface area contributed by atoms with E-state index >= 15 is 0 Å². The van der Waals surface area contributed by atoms with Crippen LogP contribution in [-0.2, 0) is 0 Å². The Hall–Kier alpha value is -5.94. The molecule has 0 atom stereocenters. The van der Waals surface area contributed by atoms with Crippen LogP contribution in [0.15, 0.2) is 168 Å². The Morgan fingerprint density at radius 2 is 0.960 bits per heavy atom. The molecule has 0 aliphatic carbocycles. The van der Waals surface area contributed by atoms with Gasteiger partial charge in [-0.05, 0) is 101 Å². The second kappa shape index (κ2) is 10.8. The number of hydrogen-bond donors (Lipinski definition) is 0. The first-order valence-corrected chi connectivity index (χ1v) is 18.5. The summed E-state index contributed by atoms with van der Waals surface area (Å²) in [4.78, 5) is 2.40. The van der Waals surface area contributed by atoms with Crippen LogP contribution in [0.1, 0.15) is 0 Å². The minimum atomic E-state index is 0.927. The molecule has 0 N–H and O–H groups in total. The van der Waals surface area contributed by atoms with Gasteiger partial charge in [0.05, 0.1) is 0 Å². The second-order valence-corrected chi connectivity index (χ2v) is 15.1. The maximum atomic E-state index is 6.16. The third-order valence-corrected chi connectivity index (χ3v) is 12.3. The summed E-state index contributed by atoms with van der Waals surface area (Å²) in [5, 5.41) is 9.92. The van der Waals surface area contributed by atoms with E-state index in [0.29, 0.717) is 0 Å². The summed E-state index contributed by atoms with van der Waals surface area (Å²) in [6, 6.07) is 59.7. The smallest absolute Gasteiger partial charge is 0.136 e. The summed E-state index contributed by atoms with van der Waals surface area (Å²) in [5.41, 5.74) is 7.66.